The van der Waals surface area contributed by atoms with Crippen molar-refractivity contribution in [3.63, 3.8) is 0 Å². The molecule has 3 atom stereocenters. The van der Waals surface area contributed by atoms with Crippen LogP contribution in [-0.2, 0) is 9.53 Å². The fourth-order valence-corrected chi connectivity index (χ4v) is 2.97. The zero-order valence-electron chi connectivity index (χ0n) is 12.3. The second kappa shape index (κ2) is 7.50. The molecule has 20 heavy (non-hydrogen) atoms. The van der Waals surface area contributed by atoms with Gasteiger partial charge >= 0.3 is 0 Å². The van der Waals surface area contributed by atoms with Gasteiger partial charge in [-0.05, 0) is 19.8 Å². The average molecular weight is 346 g/mol. The molecule has 1 aliphatic rings. The molecular weight excluding hydrogens is 323 g/mol. The van der Waals surface area contributed by atoms with Crippen LogP contribution >= 0.6 is 34.8 Å². The van der Waals surface area contributed by atoms with Crippen LogP contribution in [0.4, 0.5) is 0 Å². The van der Waals surface area contributed by atoms with E-state index in [9.17, 15) is 4.79 Å². The first kappa shape index (κ1) is 18.3. The standard InChI is InChI=1S/C13H23Cl3N2O2/c1-8(2)5-11(19)17-12(13(14,15)16)18-6-9(3)20-10(4)7-18/h8-10,12H,5-7H2,1-4H3,(H,17,19)/t9-,10-,12+/m0/s1. The summed E-state index contributed by atoms with van der Waals surface area (Å²) in [5, 5.41) is 2.83. The maximum absolute atomic E-state index is 12.0. The number of amides is 1. The highest BCUT2D eigenvalue weighted by molar-refractivity contribution is 6.68. The van der Waals surface area contributed by atoms with Crippen LogP contribution in [0.25, 0.3) is 0 Å². The van der Waals surface area contributed by atoms with Gasteiger partial charge in [-0.3, -0.25) is 9.69 Å². The number of carbonyl (C=O) groups is 1. The van der Waals surface area contributed by atoms with E-state index < -0.39 is 9.96 Å². The van der Waals surface area contributed by atoms with Crippen LogP contribution in [0, 0.1) is 5.92 Å². The number of hydrogen-bond acceptors (Lipinski definition) is 3. The Kier molecular flexibility index (Phi) is 6.87. The molecule has 1 fully saturated rings. The zero-order chi connectivity index (χ0) is 15.5. The molecule has 0 unspecified atom stereocenters. The normalized spacial score (nSPS) is 26.6. The number of alkyl halides is 3. The van der Waals surface area contributed by atoms with E-state index >= 15 is 0 Å². The van der Waals surface area contributed by atoms with Crippen molar-refractivity contribution in [1.29, 1.82) is 0 Å². The number of ether oxygens (including phenoxy) is 1. The molecule has 4 nitrogen and oxygen atoms in total. The highest BCUT2D eigenvalue weighted by Gasteiger charge is 2.41. The third-order valence-electron chi connectivity index (χ3n) is 3.01. The fourth-order valence-electron chi connectivity index (χ4n) is 2.39. The van der Waals surface area contributed by atoms with E-state index in [0.717, 1.165) is 0 Å². The minimum absolute atomic E-state index is 0.0376. The van der Waals surface area contributed by atoms with Gasteiger partial charge in [0.2, 0.25) is 9.70 Å². The summed E-state index contributed by atoms with van der Waals surface area (Å²) in [6.45, 7) is 9.11. The van der Waals surface area contributed by atoms with E-state index in [2.05, 4.69) is 5.32 Å². The molecule has 0 aliphatic carbocycles. The summed E-state index contributed by atoms with van der Waals surface area (Å²) in [6.07, 6.45) is -0.161. The Morgan fingerprint density at radius 2 is 1.80 bits per heavy atom. The summed E-state index contributed by atoms with van der Waals surface area (Å²) in [5.41, 5.74) is 0. The minimum Gasteiger partial charge on any atom is -0.373 e. The predicted molar refractivity (Wildman–Crippen MR) is 83.3 cm³/mol. The lowest BCUT2D eigenvalue weighted by atomic mass is 10.1. The maximum Gasteiger partial charge on any atom is 0.223 e. The zero-order valence-corrected chi connectivity index (χ0v) is 14.6. The highest BCUT2D eigenvalue weighted by Crippen LogP contribution is 2.33. The van der Waals surface area contributed by atoms with Gasteiger partial charge in [0.15, 0.2) is 0 Å². The Morgan fingerprint density at radius 1 is 1.30 bits per heavy atom. The molecule has 0 aromatic carbocycles. The number of rotatable bonds is 4. The average Bonchev–Trinajstić information content (AvgIpc) is 2.21. The molecule has 118 valence electrons. The van der Waals surface area contributed by atoms with Crippen molar-refractivity contribution in [2.24, 2.45) is 5.92 Å². The molecule has 0 aromatic rings. The summed E-state index contributed by atoms with van der Waals surface area (Å²) in [7, 11) is 0. The quantitative estimate of drug-likeness (QED) is 0.797. The van der Waals surface area contributed by atoms with Crippen LogP contribution in [0.3, 0.4) is 0 Å². The lowest BCUT2D eigenvalue weighted by Gasteiger charge is -2.42. The molecule has 1 saturated heterocycles. The van der Waals surface area contributed by atoms with Crippen LogP contribution in [0.1, 0.15) is 34.1 Å². The predicted octanol–water partition coefficient (Wildman–Crippen LogP) is 2.95. The molecule has 1 amide bonds. The molecule has 0 saturated carbocycles. The largest absolute Gasteiger partial charge is 0.373 e. The number of morpholine rings is 1. The van der Waals surface area contributed by atoms with E-state index in [4.69, 9.17) is 39.5 Å². The summed E-state index contributed by atoms with van der Waals surface area (Å²) < 4.78 is 4.09. The maximum atomic E-state index is 12.0. The topological polar surface area (TPSA) is 41.6 Å². The fraction of sp³-hybridized carbons (Fsp3) is 0.923. The molecule has 1 heterocycles. The summed E-state index contributed by atoms with van der Waals surface area (Å²) >= 11 is 18.1. The summed E-state index contributed by atoms with van der Waals surface area (Å²) in [6, 6.07) is 0. The van der Waals surface area contributed by atoms with Crippen molar-refractivity contribution in [3.8, 4) is 0 Å². The van der Waals surface area contributed by atoms with Crippen molar-refractivity contribution in [2.75, 3.05) is 13.1 Å². The van der Waals surface area contributed by atoms with E-state index in [1.807, 2.05) is 32.6 Å². The van der Waals surface area contributed by atoms with Gasteiger partial charge in [-0.1, -0.05) is 48.7 Å². The van der Waals surface area contributed by atoms with E-state index in [0.29, 0.717) is 19.5 Å². The van der Waals surface area contributed by atoms with E-state index in [-0.39, 0.29) is 24.0 Å². The van der Waals surface area contributed by atoms with Crippen LogP contribution in [0.15, 0.2) is 0 Å². The van der Waals surface area contributed by atoms with E-state index in [1.54, 1.807) is 0 Å². The van der Waals surface area contributed by atoms with Gasteiger partial charge in [0, 0.05) is 19.5 Å². The lowest BCUT2D eigenvalue weighted by molar-refractivity contribution is -0.126. The first-order valence-corrected chi connectivity index (χ1v) is 7.98. The monoisotopic (exact) mass is 344 g/mol. The van der Waals surface area contributed by atoms with Crippen molar-refractivity contribution >= 4 is 40.7 Å². The third kappa shape index (κ3) is 5.94. The van der Waals surface area contributed by atoms with Crippen LogP contribution < -0.4 is 5.32 Å². The van der Waals surface area contributed by atoms with Gasteiger partial charge in [0.25, 0.3) is 0 Å². The van der Waals surface area contributed by atoms with Gasteiger partial charge < -0.3 is 10.1 Å². The molecule has 1 N–H and O–H groups in total. The molecule has 0 radical (unpaired) electrons. The Hall–Kier alpha value is 0.260. The number of carbonyl (C=O) groups excluding carboxylic acids is 1. The molecule has 0 bridgehead atoms. The van der Waals surface area contributed by atoms with Crippen molar-refractivity contribution in [1.82, 2.24) is 10.2 Å². The Balaban J connectivity index is 2.76. The summed E-state index contributed by atoms with van der Waals surface area (Å²) in [5.74, 6) is 0.150. The molecular formula is C13H23Cl3N2O2. The lowest BCUT2D eigenvalue weighted by Crippen LogP contribution is -2.61. The number of hydrogen-bond donors (Lipinski definition) is 1. The first-order valence-electron chi connectivity index (χ1n) is 6.85. The molecule has 7 heteroatoms. The number of nitrogens with one attached hydrogen (secondary N) is 1. The summed E-state index contributed by atoms with van der Waals surface area (Å²) in [4.78, 5) is 13.9. The molecule has 0 spiro atoms. The Bertz CT molecular complexity index is 324. The van der Waals surface area contributed by atoms with Gasteiger partial charge in [0.05, 0.1) is 12.2 Å². The SMILES string of the molecule is CC(C)CC(=O)N[C@H](N1C[C@H](C)O[C@@H](C)C1)C(Cl)(Cl)Cl. The van der Waals surface area contributed by atoms with Crippen molar-refractivity contribution < 1.29 is 9.53 Å². The van der Waals surface area contributed by atoms with Gasteiger partial charge in [-0.15, -0.1) is 0 Å². The van der Waals surface area contributed by atoms with Gasteiger partial charge in [-0.25, -0.2) is 0 Å². The molecule has 1 rings (SSSR count). The van der Waals surface area contributed by atoms with Crippen LogP contribution in [0.5, 0.6) is 0 Å². The highest BCUT2D eigenvalue weighted by atomic mass is 35.6. The second-order valence-corrected chi connectivity index (χ2v) is 8.19. The van der Waals surface area contributed by atoms with Crippen molar-refractivity contribution in [3.05, 3.63) is 0 Å². The molecule has 1 aliphatic heterocycles. The smallest absolute Gasteiger partial charge is 0.223 e. The second-order valence-electron chi connectivity index (χ2n) is 5.82. The third-order valence-corrected chi connectivity index (χ3v) is 3.63. The van der Waals surface area contributed by atoms with Crippen LogP contribution in [0.2, 0.25) is 0 Å². The van der Waals surface area contributed by atoms with Crippen molar-refractivity contribution in [2.45, 2.75) is 56.3 Å². The first-order chi connectivity index (χ1) is 9.09. The van der Waals surface area contributed by atoms with Gasteiger partial charge in [-0.2, -0.15) is 0 Å². The Morgan fingerprint density at radius 3 is 2.20 bits per heavy atom. The number of nitrogens with zero attached hydrogens (tertiary/aromatic N) is 1. The van der Waals surface area contributed by atoms with E-state index in [1.165, 1.54) is 0 Å². The molecule has 0 aromatic heterocycles. The minimum atomic E-state index is -1.58. The Labute approximate surface area is 136 Å². The number of halogens is 3. The van der Waals surface area contributed by atoms with Gasteiger partial charge in [0.1, 0.15) is 6.17 Å². The van der Waals surface area contributed by atoms with Crippen LogP contribution in [-0.4, -0.2) is 46.1 Å².